The number of carbonyl (C=O) groups excluding carboxylic acids is 1. The molecule has 1 N–H and O–H groups in total. The van der Waals surface area contributed by atoms with Gasteiger partial charge in [-0.1, -0.05) is 42.5 Å². The largest absolute Gasteiger partial charge is 0.324 e. The lowest BCUT2D eigenvalue weighted by molar-refractivity contribution is -0.117. The van der Waals surface area contributed by atoms with Gasteiger partial charge in [0.05, 0.1) is 5.39 Å². The summed E-state index contributed by atoms with van der Waals surface area (Å²) in [5.74, 6) is -0.300. The molecule has 6 heteroatoms. The monoisotopic (exact) mass is 322 g/mol. The minimum absolute atomic E-state index is 0.172. The third kappa shape index (κ3) is 3.03. The zero-order valence-corrected chi connectivity index (χ0v) is 13.6. The number of aryl methyl sites for hydroxylation is 2. The fourth-order valence-electron chi connectivity index (χ4n) is 2.64. The van der Waals surface area contributed by atoms with Crippen LogP contribution in [0.2, 0.25) is 0 Å². The van der Waals surface area contributed by atoms with Crippen LogP contribution in [0.15, 0.2) is 47.3 Å². The number of rotatable bonds is 4. The van der Waals surface area contributed by atoms with Gasteiger partial charge in [-0.3, -0.25) is 9.59 Å². The lowest BCUT2D eigenvalue weighted by atomic mass is 10.1. The molecule has 0 bridgehead atoms. The highest BCUT2D eigenvalue weighted by Gasteiger charge is 2.12. The summed E-state index contributed by atoms with van der Waals surface area (Å²) in [7, 11) is 0. The van der Waals surface area contributed by atoms with Gasteiger partial charge in [0, 0.05) is 5.69 Å². The number of amides is 1. The standard InChI is InChI=1S/C18H18N4O2/c1-3-13-8-6-7-12(2)17(13)19-16(23)11-22-18(24)14-9-4-5-10-15(14)20-21-22/h4-10H,3,11H2,1-2H3,(H,19,23). The van der Waals surface area contributed by atoms with Crippen LogP contribution in [-0.4, -0.2) is 20.9 Å². The van der Waals surface area contributed by atoms with E-state index in [1.165, 1.54) is 0 Å². The van der Waals surface area contributed by atoms with Crippen LogP contribution in [-0.2, 0) is 17.8 Å². The molecule has 0 aliphatic heterocycles. The smallest absolute Gasteiger partial charge is 0.278 e. The van der Waals surface area contributed by atoms with Crippen LogP contribution >= 0.6 is 0 Å². The van der Waals surface area contributed by atoms with Crippen LogP contribution < -0.4 is 10.9 Å². The van der Waals surface area contributed by atoms with E-state index in [4.69, 9.17) is 0 Å². The Hall–Kier alpha value is -3.02. The van der Waals surface area contributed by atoms with Crippen LogP contribution in [0.1, 0.15) is 18.1 Å². The Kier molecular flexibility index (Phi) is 4.37. The molecule has 0 radical (unpaired) electrons. The highest BCUT2D eigenvalue weighted by Crippen LogP contribution is 2.20. The highest BCUT2D eigenvalue weighted by atomic mass is 16.2. The summed E-state index contributed by atoms with van der Waals surface area (Å²) in [6.07, 6.45) is 0.813. The Morgan fingerprint density at radius 2 is 1.96 bits per heavy atom. The van der Waals surface area contributed by atoms with E-state index in [9.17, 15) is 9.59 Å². The second kappa shape index (κ2) is 6.62. The summed E-state index contributed by atoms with van der Waals surface area (Å²) < 4.78 is 1.08. The zero-order valence-electron chi connectivity index (χ0n) is 13.6. The first-order valence-corrected chi connectivity index (χ1v) is 7.81. The second-order valence-corrected chi connectivity index (χ2v) is 5.58. The molecule has 1 aromatic heterocycles. The Balaban J connectivity index is 1.86. The first kappa shape index (κ1) is 15.9. The summed E-state index contributed by atoms with van der Waals surface area (Å²) in [5, 5.41) is 11.2. The first-order valence-electron chi connectivity index (χ1n) is 7.81. The van der Waals surface area contributed by atoms with E-state index in [0.717, 1.165) is 27.9 Å². The molecule has 0 aliphatic carbocycles. The van der Waals surface area contributed by atoms with Crippen molar-refractivity contribution in [3.05, 3.63) is 63.9 Å². The van der Waals surface area contributed by atoms with E-state index in [0.29, 0.717) is 10.9 Å². The summed E-state index contributed by atoms with van der Waals surface area (Å²) in [5.41, 5.74) is 3.04. The molecular weight excluding hydrogens is 304 g/mol. The zero-order chi connectivity index (χ0) is 17.1. The molecule has 122 valence electrons. The van der Waals surface area contributed by atoms with Crippen LogP contribution in [0.25, 0.3) is 10.9 Å². The van der Waals surface area contributed by atoms with Crippen LogP contribution in [0.4, 0.5) is 5.69 Å². The predicted molar refractivity (Wildman–Crippen MR) is 93.0 cm³/mol. The topological polar surface area (TPSA) is 76.9 Å². The maximum Gasteiger partial charge on any atom is 0.278 e. The molecule has 0 atom stereocenters. The van der Waals surface area contributed by atoms with Crippen LogP contribution in [0, 0.1) is 6.92 Å². The van der Waals surface area contributed by atoms with Gasteiger partial charge in [0.15, 0.2) is 0 Å². The van der Waals surface area contributed by atoms with Gasteiger partial charge in [-0.15, -0.1) is 5.10 Å². The summed E-state index contributed by atoms with van der Waals surface area (Å²) >= 11 is 0. The van der Waals surface area contributed by atoms with Crippen molar-refractivity contribution in [3.63, 3.8) is 0 Å². The maximum absolute atomic E-state index is 12.4. The number of aromatic nitrogens is 3. The third-order valence-electron chi connectivity index (χ3n) is 3.93. The van der Waals surface area contributed by atoms with Crippen molar-refractivity contribution in [2.75, 3.05) is 5.32 Å². The Labute approximate surface area is 139 Å². The average molecular weight is 322 g/mol. The molecule has 3 rings (SSSR count). The first-order chi connectivity index (χ1) is 11.6. The highest BCUT2D eigenvalue weighted by molar-refractivity contribution is 5.92. The van der Waals surface area contributed by atoms with Gasteiger partial charge in [-0.05, 0) is 36.6 Å². The number of nitrogens with one attached hydrogen (secondary N) is 1. The quantitative estimate of drug-likeness (QED) is 0.799. The molecule has 2 aromatic carbocycles. The van der Waals surface area contributed by atoms with Crippen LogP contribution in [0.5, 0.6) is 0 Å². The molecule has 6 nitrogen and oxygen atoms in total. The van der Waals surface area contributed by atoms with E-state index in [1.807, 2.05) is 32.0 Å². The van der Waals surface area contributed by atoms with Gasteiger partial charge < -0.3 is 5.32 Å². The predicted octanol–water partition coefficient (Wildman–Crippen LogP) is 2.30. The number of benzene rings is 2. The van der Waals surface area contributed by atoms with Crippen molar-refractivity contribution in [1.29, 1.82) is 0 Å². The third-order valence-corrected chi connectivity index (χ3v) is 3.93. The van der Waals surface area contributed by atoms with E-state index in [2.05, 4.69) is 15.6 Å². The van der Waals surface area contributed by atoms with Crippen molar-refractivity contribution in [1.82, 2.24) is 15.0 Å². The lowest BCUT2D eigenvalue weighted by Crippen LogP contribution is -2.30. The Morgan fingerprint density at radius 3 is 2.75 bits per heavy atom. The van der Waals surface area contributed by atoms with Gasteiger partial charge in [-0.25, -0.2) is 4.68 Å². The molecule has 0 aliphatic rings. The molecular formula is C18H18N4O2. The van der Waals surface area contributed by atoms with Gasteiger partial charge >= 0.3 is 0 Å². The van der Waals surface area contributed by atoms with E-state index >= 15 is 0 Å². The van der Waals surface area contributed by atoms with Crippen molar-refractivity contribution in [2.45, 2.75) is 26.8 Å². The molecule has 0 saturated carbocycles. The fraction of sp³-hybridized carbons (Fsp3) is 0.222. The summed E-state index contributed by atoms with van der Waals surface area (Å²) in [6.45, 7) is 3.80. The molecule has 24 heavy (non-hydrogen) atoms. The van der Waals surface area contributed by atoms with Crippen molar-refractivity contribution in [2.24, 2.45) is 0 Å². The normalized spacial score (nSPS) is 10.8. The van der Waals surface area contributed by atoms with Gasteiger partial charge in [0.1, 0.15) is 12.1 Å². The number of carbonyl (C=O) groups is 1. The molecule has 0 saturated heterocycles. The Bertz CT molecular complexity index is 963. The molecule has 1 amide bonds. The number of para-hydroxylation sites is 1. The maximum atomic E-state index is 12.4. The number of hydrogen-bond donors (Lipinski definition) is 1. The van der Waals surface area contributed by atoms with E-state index in [1.54, 1.807) is 24.3 Å². The number of nitrogens with zero attached hydrogens (tertiary/aromatic N) is 3. The van der Waals surface area contributed by atoms with Gasteiger partial charge in [0.2, 0.25) is 5.91 Å². The minimum Gasteiger partial charge on any atom is -0.324 e. The second-order valence-electron chi connectivity index (χ2n) is 5.58. The molecule has 1 heterocycles. The SMILES string of the molecule is CCc1cccc(C)c1NC(=O)Cn1nnc2ccccc2c1=O. The van der Waals surface area contributed by atoms with Crippen LogP contribution in [0.3, 0.4) is 0 Å². The summed E-state index contributed by atoms with van der Waals surface area (Å²) in [4.78, 5) is 24.7. The van der Waals surface area contributed by atoms with Crippen molar-refractivity contribution in [3.8, 4) is 0 Å². The summed E-state index contributed by atoms with van der Waals surface area (Å²) in [6, 6.07) is 12.8. The fourth-order valence-corrected chi connectivity index (χ4v) is 2.64. The lowest BCUT2D eigenvalue weighted by Gasteiger charge is -2.13. The molecule has 0 unspecified atom stereocenters. The van der Waals surface area contributed by atoms with Gasteiger partial charge in [-0.2, -0.15) is 0 Å². The number of fused-ring (bicyclic) bond motifs is 1. The van der Waals surface area contributed by atoms with Crippen molar-refractivity contribution < 1.29 is 4.79 Å². The molecule has 3 aromatic rings. The Morgan fingerprint density at radius 1 is 1.17 bits per heavy atom. The van der Waals surface area contributed by atoms with E-state index in [-0.39, 0.29) is 18.0 Å². The number of hydrogen-bond acceptors (Lipinski definition) is 4. The number of anilines is 1. The molecule has 0 fully saturated rings. The molecule has 0 spiro atoms. The van der Waals surface area contributed by atoms with Gasteiger partial charge in [0.25, 0.3) is 5.56 Å². The minimum atomic E-state index is -0.323. The van der Waals surface area contributed by atoms with E-state index < -0.39 is 0 Å². The van der Waals surface area contributed by atoms with Crippen molar-refractivity contribution >= 4 is 22.5 Å². The average Bonchev–Trinajstić information content (AvgIpc) is 2.59.